The molecule has 0 aromatic carbocycles. The van der Waals surface area contributed by atoms with Gasteiger partial charge in [0.2, 0.25) is 5.95 Å². The van der Waals surface area contributed by atoms with Crippen LogP contribution >= 0.6 is 0 Å². The van der Waals surface area contributed by atoms with Crippen LogP contribution < -0.4 is 10.2 Å². The van der Waals surface area contributed by atoms with Crippen molar-refractivity contribution in [2.24, 2.45) is 0 Å². The van der Waals surface area contributed by atoms with Crippen molar-refractivity contribution in [2.45, 2.75) is 39.4 Å². The van der Waals surface area contributed by atoms with Crippen LogP contribution in [0.3, 0.4) is 0 Å². The van der Waals surface area contributed by atoms with Crippen LogP contribution in [-0.2, 0) is 4.74 Å². The highest BCUT2D eigenvalue weighted by atomic mass is 16.5. The Hall–Kier alpha value is -1.36. The first-order valence-corrected chi connectivity index (χ1v) is 6.50. The van der Waals surface area contributed by atoms with E-state index in [2.05, 4.69) is 41.0 Å². The fourth-order valence-corrected chi connectivity index (χ4v) is 2.40. The molecule has 5 heteroatoms. The van der Waals surface area contributed by atoms with E-state index in [1.54, 1.807) is 6.20 Å². The molecule has 100 valence electrons. The SMILES string of the molecule is CCNc1nccc(N2CC(C)OC(C)(C)C2)n1. The maximum Gasteiger partial charge on any atom is 0.224 e. The number of morpholine rings is 1. The van der Waals surface area contributed by atoms with Gasteiger partial charge in [-0.05, 0) is 33.8 Å². The number of ether oxygens (including phenoxy) is 1. The lowest BCUT2D eigenvalue weighted by atomic mass is 10.1. The minimum atomic E-state index is -0.138. The second kappa shape index (κ2) is 5.10. The lowest BCUT2D eigenvalue weighted by Crippen LogP contribution is -2.52. The molecule has 1 fully saturated rings. The van der Waals surface area contributed by atoms with Crippen LogP contribution in [-0.4, -0.2) is 41.3 Å². The molecule has 2 rings (SSSR count). The largest absolute Gasteiger partial charge is 0.369 e. The first kappa shape index (κ1) is 13.1. The van der Waals surface area contributed by atoms with E-state index in [-0.39, 0.29) is 11.7 Å². The molecular formula is C13H22N4O. The van der Waals surface area contributed by atoms with Crippen molar-refractivity contribution in [3.63, 3.8) is 0 Å². The van der Waals surface area contributed by atoms with E-state index in [1.807, 2.05) is 13.0 Å². The van der Waals surface area contributed by atoms with Gasteiger partial charge in [0.15, 0.2) is 0 Å². The Bertz CT molecular complexity index is 408. The molecule has 0 radical (unpaired) electrons. The monoisotopic (exact) mass is 250 g/mol. The van der Waals surface area contributed by atoms with Crippen molar-refractivity contribution in [1.82, 2.24) is 9.97 Å². The van der Waals surface area contributed by atoms with Crippen molar-refractivity contribution in [3.8, 4) is 0 Å². The highest BCUT2D eigenvalue weighted by Gasteiger charge is 2.31. The summed E-state index contributed by atoms with van der Waals surface area (Å²) in [6.07, 6.45) is 2.01. The Balaban J connectivity index is 2.17. The van der Waals surface area contributed by atoms with Crippen molar-refractivity contribution in [2.75, 3.05) is 29.9 Å². The van der Waals surface area contributed by atoms with Gasteiger partial charge in [-0.1, -0.05) is 0 Å². The molecule has 18 heavy (non-hydrogen) atoms. The molecule has 0 aliphatic carbocycles. The Kier molecular flexibility index (Phi) is 3.71. The summed E-state index contributed by atoms with van der Waals surface area (Å²) in [5.41, 5.74) is -0.138. The summed E-state index contributed by atoms with van der Waals surface area (Å²) in [5.74, 6) is 1.65. The van der Waals surface area contributed by atoms with Crippen LogP contribution in [0.25, 0.3) is 0 Å². The minimum Gasteiger partial charge on any atom is -0.369 e. The van der Waals surface area contributed by atoms with Crippen molar-refractivity contribution >= 4 is 11.8 Å². The molecule has 1 aromatic rings. The van der Waals surface area contributed by atoms with Crippen LogP contribution in [0.5, 0.6) is 0 Å². The smallest absolute Gasteiger partial charge is 0.224 e. The Morgan fingerprint density at radius 1 is 1.56 bits per heavy atom. The van der Waals surface area contributed by atoms with Crippen molar-refractivity contribution in [1.29, 1.82) is 0 Å². The van der Waals surface area contributed by atoms with E-state index in [0.717, 1.165) is 25.5 Å². The zero-order valence-corrected chi connectivity index (χ0v) is 11.6. The van der Waals surface area contributed by atoms with E-state index >= 15 is 0 Å². The van der Waals surface area contributed by atoms with E-state index in [0.29, 0.717) is 5.95 Å². The zero-order valence-electron chi connectivity index (χ0n) is 11.6. The Morgan fingerprint density at radius 2 is 2.33 bits per heavy atom. The van der Waals surface area contributed by atoms with Crippen molar-refractivity contribution < 1.29 is 4.74 Å². The molecule has 1 saturated heterocycles. The van der Waals surface area contributed by atoms with Gasteiger partial charge < -0.3 is 15.0 Å². The van der Waals surface area contributed by atoms with Gasteiger partial charge in [0, 0.05) is 25.8 Å². The molecule has 1 aliphatic heterocycles. The number of nitrogens with one attached hydrogen (secondary N) is 1. The van der Waals surface area contributed by atoms with E-state index < -0.39 is 0 Å². The van der Waals surface area contributed by atoms with Gasteiger partial charge in [0.25, 0.3) is 0 Å². The van der Waals surface area contributed by atoms with Gasteiger partial charge in [0.05, 0.1) is 11.7 Å². The molecule has 0 amide bonds. The third-order valence-corrected chi connectivity index (χ3v) is 2.87. The second-order valence-corrected chi connectivity index (χ2v) is 5.34. The fourth-order valence-electron chi connectivity index (χ4n) is 2.40. The lowest BCUT2D eigenvalue weighted by molar-refractivity contribution is -0.0751. The average molecular weight is 250 g/mol. The van der Waals surface area contributed by atoms with Gasteiger partial charge in [0.1, 0.15) is 5.82 Å². The van der Waals surface area contributed by atoms with Gasteiger partial charge in [-0.25, -0.2) is 4.98 Å². The number of hydrogen-bond acceptors (Lipinski definition) is 5. The predicted molar refractivity (Wildman–Crippen MR) is 73.0 cm³/mol. The maximum absolute atomic E-state index is 5.90. The molecule has 2 heterocycles. The van der Waals surface area contributed by atoms with E-state index in [4.69, 9.17) is 4.74 Å². The lowest BCUT2D eigenvalue weighted by Gasteiger charge is -2.42. The first-order valence-electron chi connectivity index (χ1n) is 6.50. The standard InChI is InChI=1S/C13H22N4O/c1-5-14-12-15-7-6-11(16-12)17-8-10(2)18-13(3,4)9-17/h6-7,10H,5,8-9H2,1-4H3,(H,14,15,16). The summed E-state index contributed by atoms with van der Waals surface area (Å²) in [6.45, 7) is 10.9. The van der Waals surface area contributed by atoms with Gasteiger partial charge in [-0.15, -0.1) is 0 Å². The second-order valence-electron chi connectivity index (χ2n) is 5.34. The van der Waals surface area contributed by atoms with Crippen LogP contribution in [0.2, 0.25) is 0 Å². The molecule has 1 N–H and O–H groups in total. The summed E-state index contributed by atoms with van der Waals surface area (Å²) < 4.78 is 5.90. The minimum absolute atomic E-state index is 0.138. The third kappa shape index (κ3) is 3.10. The number of anilines is 2. The normalized spacial score (nSPS) is 22.9. The zero-order chi connectivity index (χ0) is 13.2. The molecule has 0 saturated carbocycles. The van der Waals surface area contributed by atoms with Crippen LogP contribution in [0.15, 0.2) is 12.3 Å². The number of hydrogen-bond donors (Lipinski definition) is 1. The van der Waals surface area contributed by atoms with E-state index in [1.165, 1.54) is 0 Å². The summed E-state index contributed by atoms with van der Waals surface area (Å²) >= 11 is 0. The van der Waals surface area contributed by atoms with Crippen LogP contribution in [0, 0.1) is 0 Å². The average Bonchev–Trinajstić information content (AvgIpc) is 2.27. The number of nitrogens with zero attached hydrogens (tertiary/aromatic N) is 3. The van der Waals surface area contributed by atoms with Gasteiger partial charge >= 0.3 is 0 Å². The van der Waals surface area contributed by atoms with Gasteiger partial charge in [-0.3, -0.25) is 0 Å². The van der Waals surface area contributed by atoms with Crippen LogP contribution in [0.4, 0.5) is 11.8 Å². The fraction of sp³-hybridized carbons (Fsp3) is 0.692. The Labute approximate surface area is 109 Å². The molecule has 1 aliphatic rings. The molecule has 1 atom stereocenters. The molecule has 1 unspecified atom stereocenters. The quantitative estimate of drug-likeness (QED) is 0.888. The van der Waals surface area contributed by atoms with Crippen molar-refractivity contribution in [3.05, 3.63) is 12.3 Å². The van der Waals surface area contributed by atoms with Gasteiger partial charge in [-0.2, -0.15) is 4.98 Å². The molecule has 1 aromatic heterocycles. The highest BCUT2D eigenvalue weighted by Crippen LogP contribution is 2.24. The Morgan fingerprint density at radius 3 is 3.00 bits per heavy atom. The van der Waals surface area contributed by atoms with Crippen LogP contribution in [0.1, 0.15) is 27.7 Å². The predicted octanol–water partition coefficient (Wildman–Crippen LogP) is 1.91. The third-order valence-electron chi connectivity index (χ3n) is 2.87. The topological polar surface area (TPSA) is 50.3 Å². The summed E-state index contributed by atoms with van der Waals surface area (Å²) in [7, 11) is 0. The summed E-state index contributed by atoms with van der Waals surface area (Å²) in [6, 6.07) is 1.95. The molecular weight excluding hydrogens is 228 g/mol. The first-order chi connectivity index (χ1) is 8.50. The number of rotatable bonds is 3. The van der Waals surface area contributed by atoms with E-state index in [9.17, 15) is 0 Å². The molecule has 0 spiro atoms. The summed E-state index contributed by atoms with van der Waals surface area (Å²) in [4.78, 5) is 11.0. The highest BCUT2D eigenvalue weighted by molar-refractivity contribution is 5.43. The number of aromatic nitrogens is 2. The summed E-state index contributed by atoms with van der Waals surface area (Å²) in [5, 5.41) is 3.14. The molecule has 5 nitrogen and oxygen atoms in total. The maximum atomic E-state index is 5.90. The molecule has 0 bridgehead atoms.